The number of methoxy groups -OCH3 is 1. The number of likely N-dealkylation sites (tertiary alicyclic amines) is 1. The summed E-state index contributed by atoms with van der Waals surface area (Å²) in [7, 11) is 1.72. The molecule has 7 nitrogen and oxygen atoms in total. The van der Waals surface area contributed by atoms with E-state index in [2.05, 4.69) is 32.7 Å². The van der Waals surface area contributed by atoms with Gasteiger partial charge in [0.15, 0.2) is 11.5 Å². The molecule has 7 heteroatoms. The summed E-state index contributed by atoms with van der Waals surface area (Å²) in [6.45, 7) is 7.66. The summed E-state index contributed by atoms with van der Waals surface area (Å²) in [4.78, 5) is 11.9. The third kappa shape index (κ3) is 5.63. The van der Waals surface area contributed by atoms with Crippen LogP contribution in [0.1, 0.15) is 55.6 Å². The van der Waals surface area contributed by atoms with Crippen LogP contribution >= 0.6 is 0 Å². The number of nitrogens with zero attached hydrogens (tertiary/aromatic N) is 3. The largest absolute Gasteiger partial charge is 0.493 e. The number of hydrogen-bond donors (Lipinski definition) is 2. The maximum absolute atomic E-state index is 6.50. The fourth-order valence-corrected chi connectivity index (χ4v) is 5.66. The van der Waals surface area contributed by atoms with E-state index >= 15 is 0 Å². The summed E-state index contributed by atoms with van der Waals surface area (Å²) < 4.78 is 12.2. The first-order chi connectivity index (χ1) is 16.7. The molecule has 1 aromatic carbocycles. The van der Waals surface area contributed by atoms with E-state index in [1.807, 2.05) is 13.0 Å². The fourth-order valence-electron chi connectivity index (χ4n) is 5.66. The molecule has 2 fully saturated rings. The van der Waals surface area contributed by atoms with E-state index in [9.17, 15) is 0 Å². The van der Waals surface area contributed by atoms with E-state index in [0.717, 1.165) is 79.3 Å². The van der Waals surface area contributed by atoms with E-state index in [-0.39, 0.29) is 6.10 Å². The van der Waals surface area contributed by atoms with Crippen molar-refractivity contribution in [3.8, 4) is 11.5 Å². The molecule has 3 aliphatic rings. The molecule has 34 heavy (non-hydrogen) atoms. The van der Waals surface area contributed by atoms with Crippen LogP contribution in [0.4, 0.5) is 11.5 Å². The summed E-state index contributed by atoms with van der Waals surface area (Å²) in [6.07, 6.45) is 9.57. The molecule has 2 saturated heterocycles. The van der Waals surface area contributed by atoms with E-state index in [4.69, 9.17) is 14.5 Å². The van der Waals surface area contributed by atoms with Crippen molar-refractivity contribution in [3.63, 3.8) is 0 Å². The zero-order chi connectivity index (χ0) is 23.3. The molecule has 5 rings (SSSR count). The Labute approximate surface area is 203 Å². The Balaban J connectivity index is 1.30. The highest BCUT2D eigenvalue weighted by molar-refractivity contribution is 5.68. The van der Waals surface area contributed by atoms with Crippen LogP contribution in [0.5, 0.6) is 11.5 Å². The number of rotatable bonds is 8. The van der Waals surface area contributed by atoms with Crippen molar-refractivity contribution >= 4 is 11.5 Å². The third-order valence-electron chi connectivity index (χ3n) is 7.53. The van der Waals surface area contributed by atoms with Gasteiger partial charge in [-0.25, -0.2) is 9.97 Å². The molecule has 2 aromatic rings. The number of aromatic nitrogens is 2. The van der Waals surface area contributed by atoms with Crippen molar-refractivity contribution in [2.75, 3.05) is 45.2 Å². The summed E-state index contributed by atoms with van der Waals surface area (Å²) in [5.41, 5.74) is 3.36. The zero-order valence-electron chi connectivity index (χ0n) is 20.7. The molecular formula is C27H39N5O2. The molecule has 0 saturated carbocycles. The minimum Gasteiger partial charge on any atom is -0.493 e. The lowest BCUT2D eigenvalue weighted by Gasteiger charge is -2.31. The zero-order valence-corrected chi connectivity index (χ0v) is 20.7. The number of fused-ring (bicyclic) bond motifs is 1. The molecular weight excluding hydrogens is 426 g/mol. The van der Waals surface area contributed by atoms with Crippen molar-refractivity contribution in [2.24, 2.45) is 5.92 Å². The first kappa shape index (κ1) is 23.4. The molecule has 3 aliphatic heterocycles. The molecule has 2 N–H and O–H groups in total. The third-order valence-corrected chi connectivity index (χ3v) is 7.53. The molecule has 4 heterocycles. The number of piperidine rings is 1. The SMILES string of the molecule is COc1ccc(Nc2cc(CCC3CCNCC3)nc(C)n2)c2c1OC(CN1CCCC1)CC2. The van der Waals surface area contributed by atoms with E-state index in [0.29, 0.717) is 0 Å². The van der Waals surface area contributed by atoms with Gasteiger partial charge in [0.05, 0.1) is 7.11 Å². The normalized spacial score (nSPS) is 21.2. The van der Waals surface area contributed by atoms with Gasteiger partial charge >= 0.3 is 0 Å². The monoisotopic (exact) mass is 465 g/mol. The van der Waals surface area contributed by atoms with Gasteiger partial charge in [0.1, 0.15) is 17.7 Å². The smallest absolute Gasteiger partial charge is 0.166 e. The van der Waals surface area contributed by atoms with Crippen LogP contribution in [0.2, 0.25) is 0 Å². The molecule has 184 valence electrons. The van der Waals surface area contributed by atoms with Gasteiger partial charge in [-0.15, -0.1) is 0 Å². The Morgan fingerprint density at radius 2 is 1.97 bits per heavy atom. The van der Waals surface area contributed by atoms with Gasteiger partial charge in [0.2, 0.25) is 0 Å². The predicted molar refractivity (Wildman–Crippen MR) is 135 cm³/mol. The van der Waals surface area contributed by atoms with Gasteiger partial charge in [-0.1, -0.05) is 0 Å². The van der Waals surface area contributed by atoms with Crippen molar-refractivity contribution in [1.82, 2.24) is 20.2 Å². The molecule has 0 spiro atoms. The topological polar surface area (TPSA) is 71.5 Å². The number of hydrogen-bond acceptors (Lipinski definition) is 7. The highest BCUT2D eigenvalue weighted by atomic mass is 16.5. The van der Waals surface area contributed by atoms with Crippen LogP contribution in [0.25, 0.3) is 0 Å². The van der Waals surface area contributed by atoms with Gasteiger partial charge in [-0.3, -0.25) is 4.90 Å². The van der Waals surface area contributed by atoms with Crippen molar-refractivity contribution < 1.29 is 9.47 Å². The Morgan fingerprint density at radius 1 is 1.15 bits per heavy atom. The number of aryl methyl sites for hydroxylation is 2. The minimum atomic E-state index is 0.220. The Bertz CT molecular complexity index is 970. The lowest BCUT2D eigenvalue weighted by atomic mass is 9.92. The van der Waals surface area contributed by atoms with Crippen LogP contribution < -0.4 is 20.1 Å². The number of anilines is 2. The summed E-state index contributed by atoms with van der Waals surface area (Å²) in [6, 6.07) is 6.21. The Kier molecular flexibility index (Phi) is 7.50. The predicted octanol–water partition coefficient (Wildman–Crippen LogP) is 4.26. The number of nitrogens with one attached hydrogen (secondary N) is 2. The maximum atomic E-state index is 6.50. The molecule has 1 atom stereocenters. The van der Waals surface area contributed by atoms with Gasteiger partial charge in [0, 0.05) is 29.6 Å². The maximum Gasteiger partial charge on any atom is 0.166 e. The van der Waals surface area contributed by atoms with Crippen LogP contribution in [0.3, 0.4) is 0 Å². The second-order valence-corrected chi connectivity index (χ2v) is 10.1. The molecule has 1 aromatic heterocycles. The van der Waals surface area contributed by atoms with Crippen molar-refractivity contribution in [2.45, 2.75) is 64.4 Å². The van der Waals surface area contributed by atoms with Crippen LogP contribution in [-0.2, 0) is 12.8 Å². The quantitative estimate of drug-likeness (QED) is 0.604. The molecule has 0 aliphatic carbocycles. The van der Waals surface area contributed by atoms with Gasteiger partial charge in [-0.05, 0) is 103 Å². The molecule has 1 unspecified atom stereocenters. The first-order valence-corrected chi connectivity index (χ1v) is 13.1. The van der Waals surface area contributed by atoms with Crippen LogP contribution in [0, 0.1) is 12.8 Å². The van der Waals surface area contributed by atoms with Crippen molar-refractivity contribution in [1.29, 1.82) is 0 Å². The van der Waals surface area contributed by atoms with Crippen molar-refractivity contribution in [3.05, 3.63) is 35.3 Å². The first-order valence-electron chi connectivity index (χ1n) is 13.1. The average molecular weight is 466 g/mol. The minimum absolute atomic E-state index is 0.220. The lowest BCUT2D eigenvalue weighted by molar-refractivity contribution is 0.122. The van der Waals surface area contributed by atoms with E-state index < -0.39 is 0 Å². The average Bonchev–Trinajstić information content (AvgIpc) is 3.36. The number of ether oxygens (including phenoxy) is 2. The lowest BCUT2D eigenvalue weighted by Crippen LogP contribution is -2.36. The van der Waals surface area contributed by atoms with Gasteiger partial charge in [-0.2, -0.15) is 0 Å². The molecule has 0 radical (unpaired) electrons. The molecule has 0 amide bonds. The highest BCUT2D eigenvalue weighted by Crippen LogP contribution is 2.42. The summed E-state index contributed by atoms with van der Waals surface area (Å²) in [5, 5.41) is 7.04. The summed E-state index contributed by atoms with van der Waals surface area (Å²) >= 11 is 0. The molecule has 0 bridgehead atoms. The van der Waals surface area contributed by atoms with Gasteiger partial charge in [0.25, 0.3) is 0 Å². The fraction of sp³-hybridized carbons (Fsp3) is 0.630. The summed E-state index contributed by atoms with van der Waals surface area (Å²) in [5.74, 6) is 4.18. The van der Waals surface area contributed by atoms with Crippen LogP contribution in [-0.4, -0.2) is 60.8 Å². The van der Waals surface area contributed by atoms with E-state index in [1.54, 1.807) is 7.11 Å². The van der Waals surface area contributed by atoms with Gasteiger partial charge < -0.3 is 20.1 Å². The second-order valence-electron chi connectivity index (χ2n) is 10.1. The highest BCUT2D eigenvalue weighted by Gasteiger charge is 2.28. The Hall–Kier alpha value is -2.38. The van der Waals surface area contributed by atoms with E-state index in [1.165, 1.54) is 50.8 Å². The van der Waals surface area contributed by atoms with Crippen LogP contribution in [0.15, 0.2) is 18.2 Å². The Morgan fingerprint density at radius 3 is 2.76 bits per heavy atom. The standard InChI is InChI=1S/C27H39N5O2/c1-19-29-21(6-5-20-11-13-28-14-12-20)17-26(30-19)31-24-9-10-25(33-2)27-23(24)8-7-22(34-27)18-32-15-3-4-16-32/h9-10,17,20,22,28H,3-8,11-16,18H2,1-2H3,(H,29,30,31). The second kappa shape index (κ2) is 10.9. The number of benzene rings is 1.